The molecule has 1 aliphatic heterocycles. The molecule has 0 atom stereocenters. The number of guanidine groups is 1. The van der Waals surface area contributed by atoms with Gasteiger partial charge in [-0.05, 0) is 12.1 Å². The van der Waals surface area contributed by atoms with E-state index in [1.807, 2.05) is 12.1 Å². The second-order valence-electron chi connectivity index (χ2n) is 6.59. The average Bonchev–Trinajstić information content (AvgIpc) is 3.41. The van der Waals surface area contributed by atoms with Crippen molar-refractivity contribution in [2.24, 2.45) is 4.99 Å². The van der Waals surface area contributed by atoms with Crippen LogP contribution in [0.4, 0.5) is 0 Å². The van der Waals surface area contributed by atoms with E-state index in [2.05, 4.69) is 20.4 Å². The number of sulfonamides is 1. The van der Waals surface area contributed by atoms with E-state index in [1.54, 1.807) is 19.4 Å². The highest BCUT2D eigenvalue weighted by molar-refractivity contribution is 14.0. The van der Waals surface area contributed by atoms with Gasteiger partial charge < -0.3 is 23.9 Å². The quantitative estimate of drug-likeness (QED) is 0.213. The third-order valence-electron chi connectivity index (χ3n) is 4.54. The van der Waals surface area contributed by atoms with Crippen molar-refractivity contribution >= 4 is 40.0 Å². The lowest BCUT2D eigenvalue weighted by Gasteiger charge is -2.35. The molecule has 168 valence electrons. The minimum Gasteiger partial charge on any atom is -0.469 e. The molecule has 0 unspecified atom stereocenters. The summed E-state index contributed by atoms with van der Waals surface area (Å²) < 4.78 is 41.9. The van der Waals surface area contributed by atoms with Gasteiger partial charge in [-0.3, -0.25) is 4.99 Å². The maximum atomic E-state index is 12.6. The predicted molar refractivity (Wildman–Crippen MR) is 122 cm³/mol. The number of aliphatic imine (C=N–C) groups is 1. The van der Waals surface area contributed by atoms with Crippen LogP contribution in [-0.2, 0) is 26.9 Å². The fourth-order valence-corrected chi connectivity index (χ4v) is 4.46. The van der Waals surface area contributed by atoms with E-state index in [9.17, 15) is 8.42 Å². The molecule has 1 aliphatic rings. The van der Waals surface area contributed by atoms with Gasteiger partial charge in [0.2, 0.25) is 10.0 Å². The Morgan fingerprint density at radius 1 is 1.27 bits per heavy atom. The van der Waals surface area contributed by atoms with Gasteiger partial charge in [0, 0.05) is 52.3 Å². The molecule has 3 rings (SSSR count). The molecule has 0 spiro atoms. The fraction of sp³-hybridized carbons (Fsp3) is 0.556. The van der Waals surface area contributed by atoms with Crippen molar-refractivity contribution < 1.29 is 22.1 Å². The minimum atomic E-state index is -3.43. The lowest BCUT2D eigenvalue weighted by atomic mass is 10.3. The highest BCUT2D eigenvalue weighted by Crippen LogP contribution is 2.13. The molecule has 1 fully saturated rings. The van der Waals surface area contributed by atoms with Crippen LogP contribution in [0.5, 0.6) is 0 Å². The van der Waals surface area contributed by atoms with Gasteiger partial charge in [0.15, 0.2) is 5.96 Å². The van der Waals surface area contributed by atoms with Crippen LogP contribution < -0.4 is 5.32 Å². The van der Waals surface area contributed by atoms with E-state index in [0.717, 1.165) is 18.1 Å². The first-order valence-electron chi connectivity index (χ1n) is 9.50. The molecule has 12 heteroatoms. The Morgan fingerprint density at radius 3 is 2.70 bits per heavy atom. The Balaban J connectivity index is 0.00000320. The van der Waals surface area contributed by atoms with E-state index in [-0.39, 0.29) is 29.7 Å². The summed E-state index contributed by atoms with van der Waals surface area (Å²) in [5.41, 5.74) is 0.411. The van der Waals surface area contributed by atoms with Crippen molar-refractivity contribution in [3.8, 4) is 0 Å². The van der Waals surface area contributed by atoms with Crippen molar-refractivity contribution in [3.63, 3.8) is 0 Å². The summed E-state index contributed by atoms with van der Waals surface area (Å²) in [6, 6.07) is 5.36. The maximum Gasteiger partial charge on any atom is 0.220 e. The number of rotatable bonds is 9. The molecular weight excluding hydrogens is 525 g/mol. The van der Waals surface area contributed by atoms with Crippen LogP contribution in [0.2, 0.25) is 0 Å². The zero-order valence-corrected chi connectivity index (χ0v) is 20.0. The van der Waals surface area contributed by atoms with E-state index in [1.165, 1.54) is 10.6 Å². The Bertz CT molecular complexity index is 850. The molecule has 0 bridgehead atoms. The normalized spacial score (nSPS) is 15.8. The molecule has 0 aliphatic carbocycles. The topological polar surface area (TPSA) is 113 Å². The van der Waals surface area contributed by atoms with Crippen molar-refractivity contribution in [2.75, 3.05) is 53.0 Å². The van der Waals surface area contributed by atoms with Crippen molar-refractivity contribution in [1.82, 2.24) is 19.7 Å². The summed E-state index contributed by atoms with van der Waals surface area (Å²) in [6.07, 6.45) is 3.77. The van der Waals surface area contributed by atoms with Gasteiger partial charge in [0.1, 0.15) is 17.8 Å². The third kappa shape index (κ3) is 7.25. The van der Waals surface area contributed by atoms with Crippen LogP contribution in [0, 0.1) is 0 Å². The van der Waals surface area contributed by atoms with Gasteiger partial charge in [-0.1, -0.05) is 5.16 Å². The largest absolute Gasteiger partial charge is 0.469 e. The average molecular weight is 553 g/mol. The van der Waals surface area contributed by atoms with E-state index < -0.39 is 10.0 Å². The molecule has 0 radical (unpaired) electrons. The van der Waals surface area contributed by atoms with Gasteiger partial charge >= 0.3 is 0 Å². The number of methoxy groups -OCH3 is 1. The molecule has 1 N–H and O–H groups in total. The number of nitrogens with one attached hydrogen (secondary N) is 1. The fourth-order valence-electron chi connectivity index (χ4n) is 3.03. The van der Waals surface area contributed by atoms with Gasteiger partial charge in [-0.15, -0.1) is 24.0 Å². The molecule has 2 aromatic heterocycles. The highest BCUT2D eigenvalue weighted by Gasteiger charge is 2.29. The summed E-state index contributed by atoms with van der Waals surface area (Å²) in [4.78, 5) is 6.66. The standard InChI is InChI=1S/C18H27N5O5S.HI/c1-26-14-7-20-18(19-6-4-17-3-2-12-27-17)22-8-10-23(11-9-22)29(24,25)15-16-5-13-28-21-16;/h2-3,5,12-13H,4,6-11,14-15H2,1H3,(H,19,20);1H. The van der Waals surface area contributed by atoms with Gasteiger partial charge in [-0.2, -0.15) is 4.31 Å². The Labute approximate surface area is 193 Å². The maximum absolute atomic E-state index is 12.6. The smallest absolute Gasteiger partial charge is 0.220 e. The number of aromatic nitrogens is 1. The molecule has 2 aromatic rings. The van der Waals surface area contributed by atoms with Gasteiger partial charge in [-0.25, -0.2) is 8.42 Å². The molecule has 10 nitrogen and oxygen atoms in total. The number of furan rings is 1. The van der Waals surface area contributed by atoms with Gasteiger partial charge in [0.25, 0.3) is 0 Å². The summed E-state index contributed by atoms with van der Waals surface area (Å²) in [6.45, 7) is 3.62. The number of piperazine rings is 1. The molecule has 30 heavy (non-hydrogen) atoms. The van der Waals surface area contributed by atoms with E-state index in [4.69, 9.17) is 13.7 Å². The lowest BCUT2D eigenvalue weighted by Crippen LogP contribution is -2.54. The third-order valence-corrected chi connectivity index (χ3v) is 6.36. The summed E-state index contributed by atoms with van der Waals surface area (Å²) >= 11 is 0. The number of ether oxygens (including phenoxy) is 1. The summed E-state index contributed by atoms with van der Waals surface area (Å²) in [5.74, 6) is 1.50. The molecule has 3 heterocycles. The van der Waals surface area contributed by atoms with Crippen LogP contribution in [0.3, 0.4) is 0 Å². The van der Waals surface area contributed by atoms with Crippen LogP contribution in [-0.4, -0.2) is 81.7 Å². The molecule has 1 saturated heterocycles. The summed E-state index contributed by atoms with van der Waals surface area (Å²) in [7, 11) is -1.79. The number of halogens is 1. The molecule has 0 saturated carbocycles. The minimum absolute atomic E-state index is 0. The first kappa shape index (κ1) is 24.6. The molecule has 0 amide bonds. The number of hydrogen-bond donors (Lipinski definition) is 1. The predicted octanol–water partition coefficient (Wildman–Crippen LogP) is 1.17. The number of nitrogens with zero attached hydrogens (tertiary/aromatic N) is 4. The Morgan fingerprint density at radius 2 is 2.07 bits per heavy atom. The number of hydrogen-bond acceptors (Lipinski definition) is 7. The second kappa shape index (κ2) is 12.3. The van der Waals surface area contributed by atoms with E-state index >= 15 is 0 Å². The van der Waals surface area contributed by atoms with Crippen molar-refractivity contribution in [2.45, 2.75) is 12.2 Å². The molecule has 0 aromatic carbocycles. The first-order valence-corrected chi connectivity index (χ1v) is 11.1. The van der Waals surface area contributed by atoms with Gasteiger partial charge in [0.05, 0.1) is 25.1 Å². The van der Waals surface area contributed by atoms with E-state index in [0.29, 0.717) is 51.6 Å². The van der Waals surface area contributed by atoms with Crippen molar-refractivity contribution in [1.29, 1.82) is 0 Å². The van der Waals surface area contributed by atoms with Crippen LogP contribution in [0.15, 0.2) is 44.7 Å². The zero-order chi connectivity index (χ0) is 20.5. The van der Waals surface area contributed by atoms with Crippen molar-refractivity contribution in [3.05, 3.63) is 42.2 Å². The van der Waals surface area contributed by atoms with Crippen LogP contribution in [0.1, 0.15) is 11.5 Å². The monoisotopic (exact) mass is 553 g/mol. The molecular formula is C18H28IN5O5S. The van der Waals surface area contributed by atoms with Crippen LogP contribution in [0.25, 0.3) is 0 Å². The summed E-state index contributed by atoms with van der Waals surface area (Å²) in [5, 5.41) is 7.04. The first-order chi connectivity index (χ1) is 14.1. The Hall–Kier alpha value is -1.64. The lowest BCUT2D eigenvalue weighted by molar-refractivity contribution is 0.206. The highest BCUT2D eigenvalue weighted by atomic mass is 127. The second-order valence-corrected chi connectivity index (χ2v) is 8.56. The SMILES string of the molecule is COCCN=C(NCCc1ccco1)N1CCN(S(=O)(=O)Cc2ccon2)CC1.I. The van der Waals surface area contributed by atoms with Crippen LogP contribution >= 0.6 is 24.0 Å². The Kier molecular flexibility index (Phi) is 10.1. The zero-order valence-electron chi connectivity index (χ0n) is 16.9.